The van der Waals surface area contributed by atoms with Crippen molar-refractivity contribution in [1.29, 1.82) is 0 Å². The summed E-state index contributed by atoms with van der Waals surface area (Å²) in [5.41, 5.74) is 6.37. The zero-order valence-corrected chi connectivity index (χ0v) is 12.1. The van der Waals surface area contributed by atoms with Gasteiger partial charge in [0.15, 0.2) is 0 Å². The normalized spacial score (nSPS) is 25.4. The molecule has 2 rings (SSSR count). The minimum absolute atomic E-state index is 0.0868. The molecule has 0 amide bonds. The van der Waals surface area contributed by atoms with Crippen LogP contribution in [0, 0.1) is 0 Å². The van der Waals surface area contributed by atoms with Gasteiger partial charge in [0, 0.05) is 19.6 Å². The van der Waals surface area contributed by atoms with E-state index in [4.69, 9.17) is 10.5 Å². The minimum atomic E-state index is -3.46. The van der Waals surface area contributed by atoms with E-state index in [1.54, 1.807) is 18.2 Å². The van der Waals surface area contributed by atoms with Crippen molar-refractivity contribution in [2.75, 3.05) is 13.1 Å². The van der Waals surface area contributed by atoms with E-state index >= 15 is 0 Å². The Kier molecular flexibility index (Phi) is 4.25. The summed E-state index contributed by atoms with van der Waals surface area (Å²) in [5, 5.41) is 0. The standard InChI is InChI=1S/C13H20N2O3S/c1-10-8-15(9-11(2)18-10)19(16,17)13-5-3-4-12(6-13)7-14/h3-6,10-11H,7-9,14H2,1-2H3/t10-,11+. The highest BCUT2D eigenvalue weighted by atomic mass is 32.2. The molecule has 1 saturated heterocycles. The molecule has 0 spiro atoms. The molecule has 19 heavy (non-hydrogen) atoms. The monoisotopic (exact) mass is 284 g/mol. The third-order valence-corrected chi connectivity index (χ3v) is 4.99. The molecule has 2 atom stereocenters. The van der Waals surface area contributed by atoms with Gasteiger partial charge in [-0.25, -0.2) is 8.42 Å². The number of hydrogen-bond donors (Lipinski definition) is 1. The van der Waals surface area contributed by atoms with E-state index in [0.29, 0.717) is 24.5 Å². The van der Waals surface area contributed by atoms with Crippen LogP contribution in [0.15, 0.2) is 29.2 Å². The molecule has 1 aliphatic rings. The first kappa shape index (κ1) is 14.5. The predicted molar refractivity (Wildman–Crippen MR) is 73.1 cm³/mol. The van der Waals surface area contributed by atoms with Crippen molar-refractivity contribution in [2.24, 2.45) is 5.73 Å². The van der Waals surface area contributed by atoms with Crippen LogP contribution in [0.1, 0.15) is 19.4 Å². The van der Waals surface area contributed by atoms with Crippen LogP contribution in [0.3, 0.4) is 0 Å². The lowest BCUT2D eigenvalue weighted by atomic mass is 10.2. The predicted octanol–water partition coefficient (Wildman–Crippen LogP) is 0.943. The molecule has 6 heteroatoms. The Labute approximate surface area is 114 Å². The van der Waals surface area contributed by atoms with Crippen LogP contribution in [-0.2, 0) is 21.3 Å². The largest absolute Gasteiger partial charge is 0.373 e. The van der Waals surface area contributed by atoms with Crippen LogP contribution in [0.4, 0.5) is 0 Å². The first-order valence-corrected chi connectivity index (χ1v) is 7.82. The van der Waals surface area contributed by atoms with Crippen molar-refractivity contribution >= 4 is 10.0 Å². The van der Waals surface area contributed by atoms with Crippen molar-refractivity contribution in [2.45, 2.75) is 37.5 Å². The van der Waals surface area contributed by atoms with Gasteiger partial charge >= 0.3 is 0 Å². The third kappa shape index (κ3) is 3.14. The Morgan fingerprint density at radius 3 is 2.53 bits per heavy atom. The molecular formula is C13H20N2O3S. The highest BCUT2D eigenvalue weighted by molar-refractivity contribution is 7.89. The number of morpholine rings is 1. The van der Waals surface area contributed by atoms with Gasteiger partial charge in [0.05, 0.1) is 17.1 Å². The van der Waals surface area contributed by atoms with Gasteiger partial charge in [0.25, 0.3) is 0 Å². The number of rotatable bonds is 3. The van der Waals surface area contributed by atoms with Crippen molar-refractivity contribution in [3.63, 3.8) is 0 Å². The highest BCUT2D eigenvalue weighted by Gasteiger charge is 2.32. The summed E-state index contributed by atoms with van der Waals surface area (Å²) in [7, 11) is -3.46. The summed E-state index contributed by atoms with van der Waals surface area (Å²) in [6.07, 6.45) is -0.174. The molecule has 5 nitrogen and oxygen atoms in total. The lowest BCUT2D eigenvalue weighted by Crippen LogP contribution is -2.48. The van der Waals surface area contributed by atoms with Gasteiger partial charge in [0.2, 0.25) is 10.0 Å². The fourth-order valence-corrected chi connectivity index (χ4v) is 3.97. The van der Waals surface area contributed by atoms with Crippen LogP contribution in [-0.4, -0.2) is 38.0 Å². The van der Waals surface area contributed by atoms with Gasteiger partial charge in [0.1, 0.15) is 0 Å². The van der Waals surface area contributed by atoms with Crippen molar-refractivity contribution < 1.29 is 13.2 Å². The van der Waals surface area contributed by atoms with Crippen LogP contribution in [0.5, 0.6) is 0 Å². The summed E-state index contributed by atoms with van der Waals surface area (Å²) in [4.78, 5) is 0.303. The molecule has 1 aliphatic heterocycles. The Balaban J connectivity index is 2.30. The summed E-state index contributed by atoms with van der Waals surface area (Å²) >= 11 is 0. The molecular weight excluding hydrogens is 264 g/mol. The van der Waals surface area contributed by atoms with Gasteiger partial charge in [-0.3, -0.25) is 0 Å². The van der Waals surface area contributed by atoms with Crippen LogP contribution >= 0.6 is 0 Å². The fraction of sp³-hybridized carbons (Fsp3) is 0.538. The average molecular weight is 284 g/mol. The Bertz CT molecular complexity index is 535. The minimum Gasteiger partial charge on any atom is -0.373 e. The summed E-state index contributed by atoms with van der Waals surface area (Å²) in [5.74, 6) is 0. The zero-order chi connectivity index (χ0) is 14.0. The van der Waals surface area contributed by atoms with E-state index < -0.39 is 10.0 Å². The maximum atomic E-state index is 12.6. The molecule has 1 aromatic rings. The molecule has 1 heterocycles. The Hall–Kier alpha value is -0.950. The number of benzene rings is 1. The van der Waals surface area contributed by atoms with Gasteiger partial charge in [-0.1, -0.05) is 12.1 Å². The number of nitrogens with two attached hydrogens (primary N) is 1. The fourth-order valence-electron chi connectivity index (χ4n) is 2.31. The van der Waals surface area contributed by atoms with Gasteiger partial charge in [-0.05, 0) is 31.5 Å². The smallest absolute Gasteiger partial charge is 0.243 e. The lowest BCUT2D eigenvalue weighted by Gasteiger charge is -2.34. The van der Waals surface area contributed by atoms with Gasteiger partial charge < -0.3 is 10.5 Å². The maximum Gasteiger partial charge on any atom is 0.243 e. The lowest BCUT2D eigenvalue weighted by molar-refractivity contribution is -0.0440. The first-order valence-electron chi connectivity index (χ1n) is 6.38. The van der Waals surface area contributed by atoms with Crippen LogP contribution in [0.25, 0.3) is 0 Å². The van der Waals surface area contributed by atoms with Crippen LogP contribution < -0.4 is 5.73 Å². The van der Waals surface area contributed by atoms with Crippen molar-refractivity contribution in [3.8, 4) is 0 Å². The second-order valence-electron chi connectivity index (χ2n) is 4.93. The maximum absolute atomic E-state index is 12.6. The van der Waals surface area contributed by atoms with Crippen molar-refractivity contribution in [3.05, 3.63) is 29.8 Å². The second kappa shape index (κ2) is 5.58. The summed E-state index contributed by atoms with van der Waals surface area (Å²) in [6.45, 7) is 4.88. The molecule has 0 bridgehead atoms. The van der Waals surface area contributed by atoms with Gasteiger partial charge in [-0.2, -0.15) is 4.31 Å². The number of sulfonamides is 1. The third-order valence-electron chi connectivity index (χ3n) is 3.16. The molecule has 0 unspecified atom stereocenters. The molecule has 0 aromatic heterocycles. The van der Waals surface area contributed by atoms with Crippen LogP contribution in [0.2, 0.25) is 0 Å². The quantitative estimate of drug-likeness (QED) is 0.896. The van der Waals surface area contributed by atoms with E-state index in [2.05, 4.69) is 0 Å². The first-order chi connectivity index (χ1) is 8.93. The molecule has 2 N–H and O–H groups in total. The number of nitrogens with zero attached hydrogens (tertiary/aromatic N) is 1. The summed E-state index contributed by atoms with van der Waals surface area (Å²) < 4.78 is 32.2. The van der Waals surface area contributed by atoms with Crippen molar-refractivity contribution in [1.82, 2.24) is 4.31 Å². The van der Waals surface area contributed by atoms with E-state index in [-0.39, 0.29) is 12.2 Å². The highest BCUT2D eigenvalue weighted by Crippen LogP contribution is 2.21. The van der Waals surface area contributed by atoms with E-state index in [0.717, 1.165) is 5.56 Å². The van der Waals surface area contributed by atoms with Gasteiger partial charge in [-0.15, -0.1) is 0 Å². The average Bonchev–Trinajstić information content (AvgIpc) is 2.37. The second-order valence-corrected chi connectivity index (χ2v) is 6.87. The molecule has 1 fully saturated rings. The number of ether oxygens (including phenoxy) is 1. The molecule has 0 radical (unpaired) electrons. The Morgan fingerprint density at radius 2 is 1.95 bits per heavy atom. The summed E-state index contributed by atoms with van der Waals surface area (Å²) in [6, 6.07) is 6.80. The molecule has 0 aliphatic carbocycles. The number of hydrogen-bond acceptors (Lipinski definition) is 4. The molecule has 1 aromatic carbocycles. The topological polar surface area (TPSA) is 72.6 Å². The van der Waals surface area contributed by atoms with E-state index in [9.17, 15) is 8.42 Å². The SMILES string of the molecule is C[C@@H]1CN(S(=O)(=O)c2cccc(CN)c2)C[C@H](C)O1. The molecule has 106 valence electrons. The molecule has 0 saturated carbocycles. The zero-order valence-electron chi connectivity index (χ0n) is 11.2. The van der Waals surface area contributed by atoms with E-state index in [1.807, 2.05) is 19.9 Å². The Morgan fingerprint density at radius 1 is 1.32 bits per heavy atom. The van der Waals surface area contributed by atoms with E-state index in [1.165, 1.54) is 4.31 Å².